The van der Waals surface area contributed by atoms with Crippen molar-refractivity contribution in [3.05, 3.63) is 39.6 Å². The van der Waals surface area contributed by atoms with Crippen LogP contribution in [-0.2, 0) is 6.42 Å². The van der Waals surface area contributed by atoms with Crippen LogP contribution in [0.15, 0.2) is 18.3 Å². The SMILES string of the molecule is CCc1nc(NC(=O)c2cccnc2Cl)sc1C. The average molecular weight is 282 g/mol. The van der Waals surface area contributed by atoms with Crippen LogP contribution in [-0.4, -0.2) is 15.9 Å². The van der Waals surface area contributed by atoms with E-state index in [1.807, 2.05) is 13.8 Å². The van der Waals surface area contributed by atoms with Crippen LogP contribution in [0.2, 0.25) is 5.15 Å². The number of carbonyl (C=O) groups excluding carboxylic acids is 1. The first-order valence-electron chi connectivity index (χ1n) is 5.50. The van der Waals surface area contributed by atoms with Gasteiger partial charge in [0.1, 0.15) is 5.15 Å². The Morgan fingerprint density at radius 3 is 2.94 bits per heavy atom. The molecular weight excluding hydrogens is 270 g/mol. The van der Waals surface area contributed by atoms with Crippen molar-refractivity contribution in [3.63, 3.8) is 0 Å². The van der Waals surface area contributed by atoms with Crippen molar-refractivity contribution in [2.45, 2.75) is 20.3 Å². The van der Waals surface area contributed by atoms with Crippen molar-refractivity contribution in [3.8, 4) is 0 Å². The molecule has 2 aromatic rings. The highest BCUT2D eigenvalue weighted by atomic mass is 35.5. The summed E-state index contributed by atoms with van der Waals surface area (Å²) in [5, 5.41) is 3.52. The van der Waals surface area contributed by atoms with Gasteiger partial charge in [-0.05, 0) is 25.5 Å². The molecule has 1 amide bonds. The minimum absolute atomic E-state index is 0.194. The van der Waals surface area contributed by atoms with Gasteiger partial charge in [-0.25, -0.2) is 9.97 Å². The van der Waals surface area contributed by atoms with E-state index in [-0.39, 0.29) is 11.1 Å². The fraction of sp³-hybridized carbons (Fsp3) is 0.250. The Balaban J connectivity index is 2.19. The average Bonchev–Trinajstić information content (AvgIpc) is 2.69. The second-order valence-corrected chi connectivity index (χ2v) is 5.23. The molecule has 0 saturated carbocycles. The lowest BCUT2D eigenvalue weighted by Crippen LogP contribution is -2.12. The molecule has 2 rings (SSSR count). The predicted molar refractivity (Wildman–Crippen MR) is 73.4 cm³/mol. The molecule has 4 nitrogen and oxygen atoms in total. The molecule has 0 aliphatic heterocycles. The standard InChI is InChI=1S/C12H12ClN3OS/c1-3-9-7(2)18-12(15-9)16-11(17)8-5-4-6-14-10(8)13/h4-6H,3H2,1-2H3,(H,15,16,17). The molecule has 0 radical (unpaired) electrons. The summed E-state index contributed by atoms with van der Waals surface area (Å²) in [5.41, 5.74) is 1.36. The lowest BCUT2D eigenvalue weighted by Gasteiger charge is -2.02. The molecule has 2 heterocycles. The molecule has 0 saturated heterocycles. The van der Waals surface area contributed by atoms with Gasteiger partial charge in [0.15, 0.2) is 5.13 Å². The first kappa shape index (κ1) is 13.0. The Labute approximate surface area is 114 Å². The van der Waals surface area contributed by atoms with Crippen LogP contribution in [0.25, 0.3) is 0 Å². The molecule has 0 spiro atoms. The van der Waals surface area contributed by atoms with E-state index in [0.29, 0.717) is 10.7 Å². The van der Waals surface area contributed by atoms with E-state index in [0.717, 1.165) is 17.0 Å². The third kappa shape index (κ3) is 2.68. The molecule has 0 unspecified atom stereocenters. The molecule has 0 atom stereocenters. The number of amides is 1. The summed E-state index contributed by atoms with van der Waals surface area (Å²) in [6, 6.07) is 3.30. The Morgan fingerprint density at radius 1 is 1.56 bits per heavy atom. The summed E-state index contributed by atoms with van der Waals surface area (Å²) >= 11 is 7.32. The van der Waals surface area contributed by atoms with Gasteiger partial charge in [-0.2, -0.15) is 0 Å². The van der Waals surface area contributed by atoms with E-state index >= 15 is 0 Å². The van der Waals surface area contributed by atoms with Crippen LogP contribution < -0.4 is 5.32 Å². The number of aryl methyl sites for hydroxylation is 2. The zero-order valence-corrected chi connectivity index (χ0v) is 11.6. The lowest BCUT2D eigenvalue weighted by molar-refractivity contribution is 0.102. The monoisotopic (exact) mass is 281 g/mol. The third-order valence-electron chi connectivity index (χ3n) is 2.45. The van der Waals surface area contributed by atoms with Crippen LogP contribution in [0.5, 0.6) is 0 Å². The molecule has 0 bridgehead atoms. The van der Waals surface area contributed by atoms with Gasteiger partial charge >= 0.3 is 0 Å². The molecule has 0 fully saturated rings. The van der Waals surface area contributed by atoms with E-state index in [2.05, 4.69) is 15.3 Å². The zero-order valence-electron chi connectivity index (χ0n) is 10.0. The second-order valence-electron chi connectivity index (χ2n) is 3.67. The van der Waals surface area contributed by atoms with Crippen molar-refractivity contribution in [2.75, 3.05) is 5.32 Å². The first-order valence-corrected chi connectivity index (χ1v) is 6.69. The highest BCUT2D eigenvalue weighted by molar-refractivity contribution is 7.15. The number of thiazole rings is 1. The molecule has 0 aromatic carbocycles. The molecule has 94 valence electrons. The third-order valence-corrected chi connectivity index (χ3v) is 3.68. The van der Waals surface area contributed by atoms with Crippen molar-refractivity contribution < 1.29 is 4.79 Å². The minimum Gasteiger partial charge on any atom is -0.298 e. The van der Waals surface area contributed by atoms with Crippen molar-refractivity contribution in [2.24, 2.45) is 0 Å². The maximum absolute atomic E-state index is 12.0. The zero-order chi connectivity index (χ0) is 13.1. The van der Waals surface area contributed by atoms with E-state index in [9.17, 15) is 4.79 Å². The summed E-state index contributed by atoms with van der Waals surface area (Å²) in [6.07, 6.45) is 2.40. The number of hydrogen-bond acceptors (Lipinski definition) is 4. The van der Waals surface area contributed by atoms with Crippen molar-refractivity contribution >= 4 is 34.0 Å². The highest BCUT2D eigenvalue weighted by Crippen LogP contribution is 2.23. The molecule has 2 aromatic heterocycles. The van der Waals surface area contributed by atoms with Gasteiger partial charge in [0.2, 0.25) is 0 Å². The summed E-state index contributed by atoms with van der Waals surface area (Å²) in [7, 11) is 0. The van der Waals surface area contributed by atoms with Gasteiger partial charge in [-0.15, -0.1) is 11.3 Å². The quantitative estimate of drug-likeness (QED) is 0.878. The molecule has 1 N–H and O–H groups in total. The number of nitrogens with one attached hydrogen (secondary N) is 1. The fourth-order valence-electron chi connectivity index (χ4n) is 1.53. The lowest BCUT2D eigenvalue weighted by atomic mass is 10.3. The van der Waals surface area contributed by atoms with E-state index < -0.39 is 0 Å². The van der Waals surface area contributed by atoms with Gasteiger partial charge in [0.05, 0.1) is 11.3 Å². The van der Waals surface area contributed by atoms with Crippen molar-refractivity contribution in [1.82, 2.24) is 9.97 Å². The summed E-state index contributed by atoms with van der Waals surface area (Å²) in [6.45, 7) is 4.02. The summed E-state index contributed by atoms with van der Waals surface area (Å²) in [5.74, 6) is -0.287. The van der Waals surface area contributed by atoms with Crippen LogP contribution in [0.4, 0.5) is 5.13 Å². The maximum Gasteiger partial charge on any atom is 0.260 e. The number of rotatable bonds is 3. The summed E-state index contributed by atoms with van der Waals surface area (Å²) in [4.78, 5) is 21.3. The maximum atomic E-state index is 12.0. The first-order chi connectivity index (χ1) is 8.61. The Hall–Kier alpha value is -1.46. The number of carbonyl (C=O) groups is 1. The van der Waals surface area contributed by atoms with E-state index in [1.165, 1.54) is 11.3 Å². The number of aromatic nitrogens is 2. The van der Waals surface area contributed by atoms with Crippen LogP contribution >= 0.6 is 22.9 Å². The molecule has 6 heteroatoms. The molecule has 0 aliphatic rings. The van der Waals surface area contributed by atoms with E-state index in [4.69, 9.17) is 11.6 Å². The normalized spacial score (nSPS) is 10.4. The van der Waals surface area contributed by atoms with Gasteiger partial charge in [0, 0.05) is 11.1 Å². The minimum atomic E-state index is -0.287. The highest BCUT2D eigenvalue weighted by Gasteiger charge is 2.13. The smallest absolute Gasteiger partial charge is 0.260 e. The summed E-state index contributed by atoms with van der Waals surface area (Å²) < 4.78 is 0. The van der Waals surface area contributed by atoms with Gasteiger partial charge in [-0.1, -0.05) is 18.5 Å². The molecular formula is C12H12ClN3OS. The number of halogens is 1. The van der Waals surface area contributed by atoms with Gasteiger partial charge in [0.25, 0.3) is 5.91 Å². The second kappa shape index (κ2) is 5.46. The van der Waals surface area contributed by atoms with Crippen LogP contribution in [0, 0.1) is 6.92 Å². The Kier molecular flexibility index (Phi) is 3.93. The van der Waals surface area contributed by atoms with E-state index in [1.54, 1.807) is 18.3 Å². The van der Waals surface area contributed by atoms with Gasteiger partial charge in [-0.3, -0.25) is 10.1 Å². The Morgan fingerprint density at radius 2 is 2.33 bits per heavy atom. The largest absolute Gasteiger partial charge is 0.298 e. The fourth-order valence-corrected chi connectivity index (χ4v) is 2.63. The molecule has 18 heavy (non-hydrogen) atoms. The number of anilines is 1. The number of nitrogens with zero attached hydrogens (tertiary/aromatic N) is 2. The Bertz CT molecular complexity index is 582. The topological polar surface area (TPSA) is 54.9 Å². The predicted octanol–water partition coefficient (Wildman–Crippen LogP) is 3.31. The molecule has 0 aliphatic carbocycles. The number of pyridine rings is 1. The van der Waals surface area contributed by atoms with Gasteiger partial charge < -0.3 is 0 Å². The van der Waals surface area contributed by atoms with Crippen LogP contribution in [0.1, 0.15) is 27.9 Å². The van der Waals surface area contributed by atoms with Crippen LogP contribution in [0.3, 0.4) is 0 Å². The number of hydrogen-bond donors (Lipinski definition) is 1. The van der Waals surface area contributed by atoms with Crippen molar-refractivity contribution in [1.29, 1.82) is 0 Å².